The molecule has 2 fully saturated rings. The van der Waals surface area contributed by atoms with Crippen molar-refractivity contribution < 1.29 is 47.1 Å². The lowest BCUT2D eigenvalue weighted by Gasteiger charge is -2.43. The third-order valence-electron chi connectivity index (χ3n) is 6.48. The molecule has 1 heterocycles. The number of alkyl halides is 1. The Morgan fingerprint density at radius 1 is 1.11 bits per heavy atom. The van der Waals surface area contributed by atoms with E-state index in [0.717, 1.165) is 23.8 Å². The second-order valence-corrected chi connectivity index (χ2v) is 9.14. The van der Waals surface area contributed by atoms with Crippen LogP contribution in [0, 0.1) is 11.6 Å². The number of halogens is 3. The van der Waals surface area contributed by atoms with Crippen LogP contribution in [0.15, 0.2) is 48.0 Å². The zero-order valence-corrected chi connectivity index (χ0v) is 20.7. The van der Waals surface area contributed by atoms with E-state index in [4.69, 9.17) is 18.9 Å². The fourth-order valence-corrected chi connectivity index (χ4v) is 4.46. The predicted molar refractivity (Wildman–Crippen MR) is 130 cm³/mol. The molecule has 3 N–H and O–H groups in total. The Labute approximate surface area is 218 Å². The Morgan fingerprint density at radius 3 is 2.58 bits per heavy atom. The van der Waals surface area contributed by atoms with Crippen molar-refractivity contribution >= 4 is 12.0 Å². The molecule has 1 saturated heterocycles. The average Bonchev–Trinajstić information content (AvgIpc) is 3.40. The van der Waals surface area contributed by atoms with Gasteiger partial charge in [0.1, 0.15) is 43.1 Å². The van der Waals surface area contributed by atoms with E-state index in [9.17, 15) is 28.2 Å². The highest BCUT2D eigenvalue weighted by molar-refractivity contribution is 5.97. The summed E-state index contributed by atoms with van der Waals surface area (Å²) in [5.41, 5.74) is 0.643. The van der Waals surface area contributed by atoms with Gasteiger partial charge in [-0.25, -0.2) is 8.78 Å². The van der Waals surface area contributed by atoms with Gasteiger partial charge in [0.15, 0.2) is 11.6 Å². The molecule has 2 aromatic carbocycles. The van der Waals surface area contributed by atoms with Crippen LogP contribution < -0.4 is 10.1 Å². The summed E-state index contributed by atoms with van der Waals surface area (Å²) in [5.74, 6) is -2.77. The molecule has 0 unspecified atom stereocenters. The highest BCUT2D eigenvalue weighted by Crippen LogP contribution is 2.32. The van der Waals surface area contributed by atoms with E-state index in [0.29, 0.717) is 0 Å². The van der Waals surface area contributed by atoms with E-state index in [2.05, 4.69) is 5.32 Å². The molecule has 38 heavy (non-hydrogen) atoms. The molecule has 0 aromatic heterocycles. The van der Waals surface area contributed by atoms with Crippen LogP contribution in [-0.4, -0.2) is 72.8 Å². The van der Waals surface area contributed by atoms with Crippen molar-refractivity contribution in [1.82, 2.24) is 5.32 Å². The van der Waals surface area contributed by atoms with Crippen molar-refractivity contribution in [2.24, 2.45) is 0 Å². The van der Waals surface area contributed by atoms with Crippen LogP contribution in [0.25, 0.3) is 6.08 Å². The van der Waals surface area contributed by atoms with Gasteiger partial charge in [-0.05, 0) is 24.6 Å². The quantitative estimate of drug-likeness (QED) is 0.316. The number of carbonyl (C=O) groups is 1. The molecular weight excluding hydrogens is 507 g/mol. The van der Waals surface area contributed by atoms with Crippen LogP contribution in [0.1, 0.15) is 24.5 Å². The monoisotopic (exact) mass is 537 g/mol. The number of fused-ring (bicyclic) bond motifs is 1. The number of hydrogen-bond acceptors (Lipinski definition) is 7. The topological polar surface area (TPSA) is 106 Å². The van der Waals surface area contributed by atoms with Gasteiger partial charge >= 0.3 is 0 Å². The van der Waals surface area contributed by atoms with Crippen LogP contribution in [0.3, 0.4) is 0 Å². The van der Waals surface area contributed by atoms with Gasteiger partial charge in [-0.1, -0.05) is 30.3 Å². The Balaban J connectivity index is 1.50. The van der Waals surface area contributed by atoms with Gasteiger partial charge in [0.25, 0.3) is 0 Å². The zero-order chi connectivity index (χ0) is 27.2. The van der Waals surface area contributed by atoms with Gasteiger partial charge in [-0.15, -0.1) is 0 Å². The number of nitrogens with one attached hydrogen (secondary N) is 1. The molecule has 0 radical (unpaired) electrons. The molecule has 4 rings (SSSR count). The summed E-state index contributed by atoms with van der Waals surface area (Å²) in [7, 11) is 0. The molecule has 2 aliphatic rings. The van der Waals surface area contributed by atoms with Crippen LogP contribution >= 0.6 is 0 Å². The van der Waals surface area contributed by atoms with Crippen molar-refractivity contribution in [2.75, 3.05) is 20.1 Å². The largest absolute Gasteiger partial charge is 0.490 e. The first-order valence-electron chi connectivity index (χ1n) is 12.2. The van der Waals surface area contributed by atoms with Gasteiger partial charge in [0, 0.05) is 23.6 Å². The molecule has 2 aromatic rings. The first kappa shape index (κ1) is 28.1. The summed E-state index contributed by atoms with van der Waals surface area (Å²) in [4.78, 5) is 13.0. The maximum atomic E-state index is 14.6. The Hall–Kier alpha value is -2.96. The average molecular weight is 538 g/mol. The van der Waals surface area contributed by atoms with Crippen LogP contribution in [0.2, 0.25) is 0 Å². The van der Waals surface area contributed by atoms with Crippen LogP contribution in [0.4, 0.5) is 13.2 Å². The summed E-state index contributed by atoms with van der Waals surface area (Å²) >= 11 is 0. The first-order valence-corrected chi connectivity index (χ1v) is 12.2. The van der Waals surface area contributed by atoms with E-state index < -0.39 is 60.8 Å². The summed E-state index contributed by atoms with van der Waals surface area (Å²) in [6, 6.07) is 9.84. The van der Waals surface area contributed by atoms with Crippen molar-refractivity contribution in [1.29, 1.82) is 0 Å². The number of carbonyl (C=O) groups excluding carboxylic acids is 1. The summed E-state index contributed by atoms with van der Waals surface area (Å²) in [5, 5.41) is 24.0. The number of amides is 1. The fourth-order valence-electron chi connectivity index (χ4n) is 4.46. The Morgan fingerprint density at radius 2 is 1.84 bits per heavy atom. The van der Waals surface area contributed by atoms with Crippen LogP contribution in [0.5, 0.6) is 5.75 Å². The SMILES string of the molecule is C/C(=C\c1cc(F)c(OCCCF)cc1F)C(=O)N[C@@H]1[C@H](O)[C@@H](O)[C@H]2OCO[C@H]2[C@@H]1OCc1ccccc1. The van der Waals surface area contributed by atoms with E-state index in [-0.39, 0.29) is 43.3 Å². The maximum absolute atomic E-state index is 14.6. The van der Waals surface area contributed by atoms with Gasteiger partial charge in [-0.2, -0.15) is 0 Å². The van der Waals surface area contributed by atoms with E-state index >= 15 is 0 Å². The Kier molecular flexibility index (Phi) is 9.40. The minimum Gasteiger partial charge on any atom is -0.490 e. The molecule has 1 amide bonds. The summed E-state index contributed by atoms with van der Waals surface area (Å²) in [6.07, 6.45) is -4.12. The molecule has 1 saturated carbocycles. The van der Waals surface area contributed by atoms with E-state index in [1.165, 1.54) is 6.92 Å². The standard InChI is InChI=1S/C27H30F3NO7/c1-15(10-17-11-19(30)20(12-18(17)29)35-9-5-8-28)27(34)31-21-22(32)23(33)25-26(38-14-37-25)24(21)36-13-16-6-3-2-4-7-16/h2-4,6-7,10-12,21-26,32-33H,5,8-9,13-14H2,1H3,(H,31,34)/b15-10+/t21-,22+,23-,24-,25-,26+/m1/s1. The third-order valence-corrected chi connectivity index (χ3v) is 6.48. The summed E-state index contributed by atoms with van der Waals surface area (Å²) < 4.78 is 63.3. The highest BCUT2D eigenvalue weighted by atomic mass is 19.1. The molecular formula is C27H30F3NO7. The van der Waals surface area contributed by atoms with Gasteiger partial charge in [0.2, 0.25) is 5.91 Å². The molecule has 1 aliphatic carbocycles. The molecule has 8 nitrogen and oxygen atoms in total. The second-order valence-electron chi connectivity index (χ2n) is 9.14. The second kappa shape index (κ2) is 12.7. The minimum absolute atomic E-state index is 0.00334. The van der Waals surface area contributed by atoms with Gasteiger partial charge in [-0.3, -0.25) is 9.18 Å². The molecule has 1 aliphatic heterocycles. The molecule has 0 bridgehead atoms. The lowest BCUT2D eigenvalue weighted by atomic mass is 9.82. The van der Waals surface area contributed by atoms with Crippen molar-refractivity contribution in [2.45, 2.75) is 56.5 Å². The Bertz CT molecular complexity index is 1130. The highest BCUT2D eigenvalue weighted by Gasteiger charge is 2.54. The van der Waals surface area contributed by atoms with Crippen molar-refractivity contribution in [3.63, 3.8) is 0 Å². The summed E-state index contributed by atoms with van der Waals surface area (Å²) in [6.45, 7) is 0.671. The molecule has 11 heteroatoms. The van der Waals surface area contributed by atoms with Gasteiger partial charge in [0.05, 0.1) is 25.9 Å². The predicted octanol–water partition coefficient (Wildman–Crippen LogP) is 2.65. The number of aliphatic hydroxyl groups is 2. The fraction of sp³-hybridized carbons (Fsp3) is 0.444. The lowest BCUT2D eigenvalue weighted by molar-refractivity contribution is -0.172. The van der Waals surface area contributed by atoms with E-state index in [1.807, 2.05) is 30.3 Å². The van der Waals surface area contributed by atoms with Gasteiger partial charge < -0.3 is 34.5 Å². The number of benzene rings is 2. The number of hydrogen-bond donors (Lipinski definition) is 3. The maximum Gasteiger partial charge on any atom is 0.247 e. The van der Waals surface area contributed by atoms with E-state index in [1.54, 1.807) is 0 Å². The number of ether oxygens (including phenoxy) is 4. The van der Waals surface area contributed by atoms with Crippen molar-refractivity contribution in [3.8, 4) is 5.75 Å². The smallest absolute Gasteiger partial charge is 0.247 e. The van der Waals surface area contributed by atoms with Crippen LogP contribution in [-0.2, 0) is 25.6 Å². The zero-order valence-electron chi connectivity index (χ0n) is 20.7. The molecule has 206 valence electrons. The molecule has 0 spiro atoms. The first-order chi connectivity index (χ1) is 18.3. The lowest BCUT2D eigenvalue weighted by Crippen LogP contribution is -2.68. The number of aliphatic hydroxyl groups excluding tert-OH is 2. The minimum atomic E-state index is -1.45. The normalized spacial score (nSPS) is 27.2. The number of rotatable bonds is 10. The third kappa shape index (κ3) is 6.36. The molecule has 6 atom stereocenters. The van der Waals surface area contributed by atoms with Crippen molar-refractivity contribution in [3.05, 3.63) is 70.8 Å².